The van der Waals surface area contributed by atoms with Gasteiger partial charge in [-0.1, -0.05) is 27.7 Å². The molecule has 28 heavy (non-hydrogen) atoms. The molecule has 1 aliphatic carbocycles. The molecule has 3 atom stereocenters. The van der Waals surface area contributed by atoms with E-state index in [0.717, 1.165) is 12.8 Å². The van der Waals surface area contributed by atoms with Gasteiger partial charge in [0, 0.05) is 18.9 Å². The second-order valence-electron chi connectivity index (χ2n) is 7.67. The molecule has 0 aliphatic heterocycles. The Morgan fingerprint density at radius 3 is 2.36 bits per heavy atom. The molecule has 0 spiro atoms. The minimum Gasteiger partial charge on any atom is -0.478 e. The molecule has 0 saturated heterocycles. The minimum absolute atomic E-state index is 0.0605. The molecule has 0 bridgehead atoms. The van der Waals surface area contributed by atoms with E-state index in [0.29, 0.717) is 12.5 Å². The topological polar surface area (TPSA) is 117 Å². The number of rotatable bonds is 11. The average Bonchev–Trinajstić information content (AvgIpc) is 2.60. The normalized spacial score (nSPS) is 22.1. The van der Waals surface area contributed by atoms with Crippen molar-refractivity contribution in [3.05, 3.63) is 11.6 Å². The molecule has 1 rings (SSSR count). The van der Waals surface area contributed by atoms with E-state index < -0.39 is 24.2 Å². The summed E-state index contributed by atoms with van der Waals surface area (Å²) in [7, 11) is 0. The van der Waals surface area contributed by atoms with Gasteiger partial charge in [0.2, 0.25) is 11.8 Å². The molecule has 160 valence electrons. The quantitative estimate of drug-likeness (QED) is 0.416. The van der Waals surface area contributed by atoms with E-state index in [1.165, 1.54) is 6.92 Å². The summed E-state index contributed by atoms with van der Waals surface area (Å²) in [5, 5.41) is 18.3. The maximum absolute atomic E-state index is 12.3. The summed E-state index contributed by atoms with van der Waals surface area (Å²) in [5.41, 5.74) is 0.179. The molecular weight excluding hydrogens is 362 g/mol. The van der Waals surface area contributed by atoms with Crippen molar-refractivity contribution >= 4 is 17.8 Å². The van der Waals surface area contributed by atoms with E-state index in [9.17, 15) is 19.5 Å². The average molecular weight is 398 g/mol. The molecule has 0 aromatic carbocycles. The van der Waals surface area contributed by atoms with Crippen molar-refractivity contribution in [2.75, 3.05) is 13.1 Å². The Morgan fingerprint density at radius 2 is 1.86 bits per heavy atom. The SMILES string of the molecule is CCC(CC)O[C@@H]1C=C(C(=O)O)C[C@H](NC(=O)CNCC(C)C)[C@H]1NC(C)=O. The van der Waals surface area contributed by atoms with Crippen LogP contribution in [0.25, 0.3) is 0 Å². The van der Waals surface area contributed by atoms with Crippen molar-refractivity contribution < 1.29 is 24.2 Å². The smallest absolute Gasteiger partial charge is 0.331 e. The van der Waals surface area contributed by atoms with Crippen molar-refractivity contribution in [1.82, 2.24) is 16.0 Å². The van der Waals surface area contributed by atoms with Gasteiger partial charge in [-0.3, -0.25) is 9.59 Å². The van der Waals surface area contributed by atoms with E-state index in [2.05, 4.69) is 16.0 Å². The Hall–Kier alpha value is -1.93. The highest BCUT2D eigenvalue weighted by atomic mass is 16.5. The summed E-state index contributed by atoms with van der Waals surface area (Å²) in [6.07, 6.45) is 2.54. The Kier molecular flexibility index (Phi) is 10.2. The zero-order chi connectivity index (χ0) is 21.3. The molecule has 0 saturated carbocycles. The van der Waals surface area contributed by atoms with Gasteiger partial charge < -0.3 is 25.8 Å². The van der Waals surface area contributed by atoms with E-state index in [4.69, 9.17) is 4.74 Å². The van der Waals surface area contributed by atoms with E-state index in [1.807, 2.05) is 27.7 Å². The maximum atomic E-state index is 12.3. The Morgan fingerprint density at radius 1 is 1.21 bits per heavy atom. The van der Waals surface area contributed by atoms with Crippen LogP contribution in [-0.4, -0.2) is 60.3 Å². The van der Waals surface area contributed by atoms with Crippen LogP contribution < -0.4 is 16.0 Å². The molecule has 8 heteroatoms. The van der Waals surface area contributed by atoms with Crippen LogP contribution in [0.2, 0.25) is 0 Å². The lowest BCUT2D eigenvalue weighted by Crippen LogP contribution is -2.60. The molecule has 2 amide bonds. The molecule has 4 N–H and O–H groups in total. The zero-order valence-electron chi connectivity index (χ0n) is 17.6. The van der Waals surface area contributed by atoms with Crippen LogP contribution in [0.1, 0.15) is 53.9 Å². The largest absolute Gasteiger partial charge is 0.478 e. The first-order chi connectivity index (χ1) is 13.2. The summed E-state index contributed by atoms with van der Waals surface area (Å²) in [4.78, 5) is 35.7. The summed E-state index contributed by atoms with van der Waals surface area (Å²) >= 11 is 0. The highest BCUT2D eigenvalue weighted by Crippen LogP contribution is 2.24. The first-order valence-corrected chi connectivity index (χ1v) is 10.0. The summed E-state index contributed by atoms with van der Waals surface area (Å²) in [6.45, 7) is 10.3. The standard InChI is InChI=1S/C20H35N3O5/c1-6-15(7-2)28-17-9-14(20(26)27)8-16(19(17)22-13(5)24)23-18(25)11-21-10-12(3)4/h9,12,15-17,19,21H,6-8,10-11H2,1-5H3,(H,22,24)(H,23,25)(H,26,27)/t16-,17+,19+/m0/s1. The molecule has 0 radical (unpaired) electrons. The van der Waals surface area contributed by atoms with Gasteiger partial charge in [0.05, 0.1) is 30.8 Å². The summed E-state index contributed by atoms with van der Waals surface area (Å²) in [5.74, 6) is -1.13. The van der Waals surface area contributed by atoms with Gasteiger partial charge in [-0.2, -0.15) is 0 Å². The van der Waals surface area contributed by atoms with Gasteiger partial charge in [-0.25, -0.2) is 4.79 Å². The zero-order valence-corrected chi connectivity index (χ0v) is 17.6. The number of hydrogen-bond acceptors (Lipinski definition) is 5. The number of hydrogen-bond donors (Lipinski definition) is 4. The number of carboxylic acids is 1. The third-order valence-electron chi connectivity index (χ3n) is 4.68. The van der Waals surface area contributed by atoms with Gasteiger partial charge in [0.25, 0.3) is 0 Å². The van der Waals surface area contributed by atoms with Crippen LogP contribution >= 0.6 is 0 Å². The number of aliphatic carboxylic acids is 1. The van der Waals surface area contributed by atoms with Gasteiger partial charge in [-0.05, 0) is 31.4 Å². The van der Waals surface area contributed by atoms with Crippen molar-refractivity contribution in [3.8, 4) is 0 Å². The summed E-state index contributed by atoms with van der Waals surface area (Å²) in [6, 6.07) is -1.09. The molecule has 0 fully saturated rings. The van der Waals surface area contributed by atoms with Crippen molar-refractivity contribution in [2.45, 2.75) is 78.2 Å². The number of amides is 2. The summed E-state index contributed by atoms with van der Waals surface area (Å²) < 4.78 is 6.09. The second-order valence-corrected chi connectivity index (χ2v) is 7.67. The fourth-order valence-electron chi connectivity index (χ4n) is 3.24. The molecule has 1 aliphatic rings. The fraction of sp³-hybridized carbons (Fsp3) is 0.750. The predicted molar refractivity (Wildman–Crippen MR) is 107 cm³/mol. The van der Waals surface area contributed by atoms with Gasteiger partial charge >= 0.3 is 5.97 Å². The highest BCUT2D eigenvalue weighted by Gasteiger charge is 2.38. The third kappa shape index (κ3) is 7.98. The lowest BCUT2D eigenvalue weighted by Gasteiger charge is -2.38. The number of carbonyl (C=O) groups is 3. The molecular formula is C20H35N3O5. The van der Waals surface area contributed by atoms with Crippen LogP contribution in [0.3, 0.4) is 0 Å². The Bertz CT molecular complexity index is 572. The first-order valence-electron chi connectivity index (χ1n) is 10.0. The molecule has 0 aromatic heterocycles. The third-order valence-corrected chi connectivity index (χ3v) is 4.68. The van der Waals surface area contributed by atoms with Gasteiger partial charge in [0.1, 0.15) is 0 Å². The van der Waals surface area contributed by atoms with E-state index >= 15 is 0 Å². The molecule has 0 heterocycles. The van der Waals surface area contributed by atoms with Crippen molar-refractivity contribution in [2.24, 2.45) is 5.92 Å². The van der Waals surface area contributed by atoms with Crippen LogP contribution in [-0.2, 0) is 19.1 Å². The number of carboxylic acid groups (broad SMARTS) is 1. The molecule has 0 unspecified atom stereocenters. The monoisotopic (exact) mass is 397 g/mol. The fourth-order valence-corrected chi connectivity index (χ4v) is 3.24. The van der Waals surface area contributed by atoms with Gasteiger partial charge in [0.15, 0.2) is 0 Å². The number of nitrogens with one attached hydrogen (secondary N) is 3. The van der Waals surface area contributed by atoms with Gasteiger partial charge in [-0.15, -0.1) is 0 Å². The minimum atomic E-state index is -1.04. The van der Waals surface area contributed by atoms with E-state index in [1.54, 1.807) is 6.08 Å². The predicted octanol–water partition coefficient (Wildman–Crippen LogP) is 1.21. The van der Waals surface area contributed by atoms with Crippen LogP contribution in [0.15, 0.2) is 11.6 Å². The van der Waals surface area contributed by atoms with Crippen LogP contribution in [0.4, 0.5) is 0 Å². The molecule has 8 nitrogen and oxygen atoms in total. The Labute approximate surface area is 167 Å². The molecule has 0 aromatic rings. The maximum Gasteiger partial charge on any atom is 0.331 e. The second kappa shape index (κ2) is 11.8. The van der Waals surface area contributed by atoms with Crippen LogP contribution in [0, 0.1) is 5.92 Å². The first kappa shape index (κ1) is 24.1. The van der Waals surface area contributed by atoms with Crippen LogP contribution in [0.5, 0.6) is 0 Å². The number of ether oxygens (including phenoxy) is 1. The Balaban J connectivity index is 2.99. The van der Waals surface area contributed by atoms with E-state index in [-0.39, 0.29) is 36.5 Å². The lowest BCUT2D eigenvalue weighted by atomic mass is 9.87. The lowest BCUT2D eigenvalue weighted by molar-refractivity contribution is -0.133. The highest BCUT2D eigenvalue weighted by molar-refractivity contribution is 5.87. The number of carbonyl (C=O) groups excluding carboxylic acids is 2. The van der Waals surface area contributed by atoms with Crippen molar-refractivity contribution in [3.63, 3.8) is 0 Å². The van der Waals surface area contributed by atoms with Crippen molar-refractivity contribution in [1.29, 1.82) is 0 Å².